The van der Waals surface area contributed by atoms with E-state index in [0.717, 1.165) is 37.1 Å². The molecule has 96 valence electrons. The number of aromatic nitrogens is 2. The van der Waals surface area contributed by atoms with Crippen LogP contribution in [0.2, 0.25) is 0 Å². The molecule has 0 unspecified atom stereocenters. The summed E-state index contributed by atoms with van der Waals surface area (Å²) < 4.78 is 0. The molecular weight excluding hydrogens is 212 g/mol. The first-order valence-electron chi connectivity index (χ1n) is 6.41. The lowest BCUT2D eigenvalue weighted by Crippen LogP contribution is -2.28. The van der Waals surface area contributed by atoms with Gasteiger partial charge >= 0.3 is 0 Å². The van der Waals surface area contributed by atoms with Crippen molar-refractivity contribution in [2.45, 2.75) is 34.6 Å². The monoisotopic (exact) mass is 236 g/mol. The van der Waals surface area contributed by atoms with Gasteiger partial charge in [0, 0.05) is 25.7 Å². The van der Waals surface area contributed by atoms with Gasteiger partial charge in [0.15, 0.2) is 0 Å². The van der Waals surface area contributed by atoms with Gasteiger partial charge in [-0.1, -0.05) is 13.8 Å². The van der Waals surface area contributed by atoms with E-state index < -0.39 is 0 Å². The molecule has 4 heteroatoms. The fourth-order valence-corrected chi connectivity index (χ4v) is 1.81. The molecule has 1 aromatic heterocycles. The third-order valence-corrected chi connectivity index (χ3v) is 2.47. The van der Waals surface area contributed by atoms with Crippen LogP contribution in [0.1, 0.15) is 33.5 Å². The van der Waals surface area contributed by atoms with E-state index in [2.05, 4.69) is 47.9 Å². The Morgan fingerprint density at radius 1 is 1.29 bits per heavy atom. The van der Waals surface area contributed by atoms with Gasteiger partial charge in [0.1, 0.15) is 17.5 Å². The summed E-state index contributed by atoms with van der Waals surface area (Å²) in [5.41, 5.74) is 0. The molecule has 0 spiro atoms. The van der Waals surface area contributed by atoms with Crippen LogP contribution in [-0.4, -0.2) is 29.6 Å². The number of aryl methyl sites for hydroxylation is 1. The van der Waals surface area contributed by atoms with Crippen molar-refractivity contribution in [3.8, 4) is 0 Å². The van der Waals surface area contributed by atoms with Crippen molar-refractivity contribution >= 4 is 11.6 Å². The Morgan fingerprint density at radius 2 is 2.00 bits per heavy atom. The summed E-state index contributed by atoms with van der Waals surface area (Å²) in [5, 5.41) is 3.24. The minimum absolute atomic E-state index is 0.632. The molecule has 0 saturated carbocycles. The molecule has 0 aliphatic carbocycles. The molecule has 1 N–H and O–H groups in total. The molecule has 0 bridgehead atoms. The minimum Gasteiger partial charge on any atom is -0.370 e. The Kier molecular flexibility index (Phi) is 5.19. The molecule has 1 rings (SSSR count). The second-order valence-electron chi connectivity index (χ2n) is 4.62. The van der Waals surface area contributed by atoms with Crippen molar-refractivity contribution in [1.82, 2.24) is 9.97 Å². The van der Waals surface area contributed by atoms with Gasteiger partial charge in [-0.2, -0.15) is 0 Å². The first kappa shape index (κ1) is 13.7. The SMILES string of the molecule is CCNc1cc(N(CC)CC(C)C)nc(C)n1. The Balaban J connectivity index is 2.93. The highest BCUT2D eigenvalue weighted by molar-refractivity contribution is 5.49. The van der Waals surface area contributed by atoms with Crippen LogP contribution >= 0.6 is 0 Å². The topological polar surface area (TPSA) is 41.0 Å². The maximum absolute atomic E-state index is 4.52. The zero-order valence-corrected chi connectivity index (χ0v) is 11.6. The first-order chi connectivity index (χ1) is 8.06. The van der Waals surface area contributed by atoms with E-state index in [1.807, 2.05) is 13.0 Å². The second-order valence-corrected chi connectivity index (χ2v) is 4.62. The smallest absolute Gasteiger partial charge is 0.134 e. The summed E-state index contributed by atoms with van der Waals surface area (Å²) in [6, 6.07) is 2.03. The average Bonchev–Trinajstić information content (AvgIpc) is 2.25. The number of nitrogens with one attached hydrogen (secondary N) is 1. The van der Waals surface area contributed by atoms with E-state index in [9.17, 15) is 0 Å². The molecule has 0 saturated heterocycles. The van der Waals surface area contributed by atoms with Crippen LogP contribution < -0.4 is 10.2 Å². The lowest BCUT2D eigenvalue weighted by molar-refractivity contribution is 0.613. The number of rotatable bonds is 6. The van der Waals surface area contributed by atoms with Crippen LogP contribution in [0.25, 0.3) is 0 Å². The van der Waals surface area contributed by atoms with E-state index in [4.69, 9.17) is 0 Å². The van der Waals surface area contributed by atoms with Crippen molar-refractivity contribution in [3.05, 3.63) is 11.9 Å². The number of anilines is 2. The summed E-state index contributed by atoms with van der Waals surface area (Å²) >= 11 is 0. The Morgan fingerprint density at radius 3 is 2.53 bits per heavy atom. The number of nitrogens with zero attached hydrogens (tertiary/aromatic N) is 3. The zero-order valence-electron chi connectivity index (χ0n) is 11.6. The van der Waals surface area contributed by atoms with Crippen LogP contribution in [0, 0.1) is 12.8 Å². The zero-order chi connectivity index (χ0) is 12.8. The van der Waals surface area contributed by atoms with E-state index in [1.54, 1.807) is 0 Å². The highest BCUT2D eigenvalue weighted by Crippen LogP contribution is 2.16. The van der Waals surface area contributed by atoms with Gasteiger partial charge in [0.25, 0.3) is 0 Å². The van der Waals surface area contributed by atoms with Gasteiger partial charge in [-0.25, -0.2) is 9.97 Å². The molecule has 0 aliphatic heterocycles. The van der Waals surface area contributed by atoms with Crippen molar-refractivity contribution in [1.29, 1.82) is 0 Å². The lowest BCUT2D eigenvalue weighted by Gasteiger charge is -2.24. The van der Waals surface area contributed by atoms with Crippen molar-refractivity contribution in [2.24, 2.45) is 5.92 Å². The Hall–Kier alpha value is -1.32. The molecule has 0 aliphatic rings. The second kappa shape index (κ2) is 6.42. The standard InChI is InChI=1S/C13H24N4/c1-6-14-12-8-13(16-11(5)15-12)17(7-2)9-10(3)4/h8,10H,6-7,9H2,1-5H3,(H,14,15,16). The highest BCUT2D eigenvalue weighted by atomic mass is 15.2. The van der Waals surface area contributed by atoms with E-state index in [-0.39, 0.29) is 0 Å². The fraction of sp³-hybridized carbons (Fsp3) is 0.692. The van der Waals surface area contributed by atoms with Gasteiger partial charge in [-0.3, -0.25) is 0 Å². The van der Waals surface area contributed by atoms with Gasteiger partial charge in [-0.05, 0) is 26.7 Å². The number of hydrogen-bond acceptors (Lipinski definition) is 4. The molecule has 1 aromatic rings. The molecular formula is C13H24N4. The Bertz CT molecular complexity index is 349. The summed E-state index contributed by atoms with van der Waals surface area (Å²) in [4.78, 5) is 11.2. The molecule has 1 heterocycles. The van der Waals surface area contributed by atoms with Crippen molar-refractivity contribution in [3.63, 3.8) is 0 Å². The molecule has 0 radical (unpaired) electrons. The van der Waals surface area contributed by atoms with E-state index >= 15 is 0 Å². The normalized spacial score (nSPS) is 10.7. The van der Waals surface area contributed by atoms with Crippen LogP contribution in [0.3, 0.4) is 0 Å². The third-order valence-electron chi connectivity index (χ3n) is 2.47. The lowest BCUT2D eigenvalue weighted by atomic mass is 10.2. The molecule has 0 atom stereocenters. The summed E-state index contributed by atoms with van der Waals surface area (Å²) in [6.07, 6.45) is 0. The maximum Gasteiger partial charge on any atom is 0.134 e. The van der Waals surface area contributed by atoms with E-state index in [0.29, 0.717) is 5.92 Å². The summed E-state index contributed by atoms with van der Waals surface area (Å²) in [5.74, 6) is 3.38. The van der Waals surface area contributed by atoms with Crippen molar-refractivity contribution < 1.29 is 0 Å². The molecule has 0 fully saturated rings. The van der Waals surface area contributed by atoms with Crippen LogP contribution in [0.5, 0.6) is 0 Å². The fourth-order valence-electron chi connectivity index (χ4n) is 1.81. The van der Waals surface area contributed by atoms with Gasteiger partial charge < -0.3 is 10.2 Å². The minimum atomic E-state index is 0.632. The Labute approximate surface area is 104 Å². The highest BCUT2D eigenvalue weighted by Gasteiger charge is 2.10. The first-order valence-corrected chi connectivity index (χ1v) is 6.41. The average molecular weight is 236 g/mol. The van der Waals surface area contributed by atoms with Gasteiger partial charge in [0.05, 0.1) is 0 Å². The van der Waals surface area contributed by atoms with Crippen LogP contribution in [-0.2, 0) is 0 Å². The summed E-state index contributed by atoms with van der Waals surface area (Å²) in [6.45, 7) is 13.5. The molecule has 0 amide bonds. The third kappa shape index (κ3) is 4.21. The predicted molar refractivity (Wildman–Crippen MR) is 73.7 cm³/mol. The predicted octanol–water partition coefficient (Wildman–Crippen LogP) is 2.70. The largest absolute Gasteiger partial charge is 0.370 e. The molecule has 17 heavy (non-hydrogen) atoms. The van der Waals surface area contributed by atoms with Gasteiger partial charge in [0.2, 0.25) is 0 Å². The molecule has 0 aromatic carbocycles. The summed E-state index contributed by atoms with van der Waals surface area (Å²) in [7, 11) is 0. The van der Waals surface area contributed by atoms with Gasteiger partial charge in [-0.15, -0.1) is 0 Å². The maximum atomic E-state index is 4.52. The van der Waals surface area contributed by atoms with E-state index in [1.165, 1.54) is 0 Å². The van der Waals surface area contributed by atoms with Crippen LogP contribution in [0.15, 0.2) is 6.07 Å². The number of hydrogen-bond donors (Lipinski definition) is 1. The molecule has 4 nitrogen and oxygen atoms in total. The van der Waals surface area contributed by atoms with Crippen LogP contribution in [0.4, 0.5) is 11.6 Å². The quantitative estimate of drug-likeness (QED) is 0.824. The van der Waals surface area contributed by atoms with Crippen molar-refractivity contribution in [2.75, 3.05) is 29.9 Å².